The third-order valence-electron chi connectivity index (χ3n) is 3.89. The standard InChI is InChI=1S/C13H13F3N6/c1-21-12(19-11(20-21)13(14,15)16)22-5-8-4-17-10(7-2-3-7)18-9(8)6-22/h4,7H,2-3,5-6H2,1H3. The van der Waals surface area contributed by atoms with E-state index in [0.717, 1.165) is 34.6 Å². The van der Waals surface area contributed by atoms with Crippen LogP contribution in [0, 0.1) is 0 Å². The Bertz CT molecular complexity index is 734. The van der Waals surface area contributed by atoms with E-state index in [4.69, 9.17) is 0 Å². The first kappa shape index (κ1) is 13.5. The smallest absolute Gasteiger partial charge is 0.331 e. The molecule has 6 nitrogen and oxygen atoms in total. The Morgan fingerprint density at radius 3 is 2.59 bits per heavy atom. The van der Waals surface area contributed by atoms with Gasteiger partial charge in [-0.15, -0.1) is 5.10 Å². The number of rotatable bonds is 2. The summed E-state index contributed by atoms with van der Waals surface area (Å²) < 4.78 is 39.3. The number of aryl methyl sites for hydroxylation is 1. The average molecular weight is 310 g/mol. The van der Waals surface area contributed by atoms with E-state index in [0.29, 0.717) is 19.0 Å². The van der Waals surface area contributed by atoms with E-state index in [1.807, 2.05) is 0 Å². The van der Waals surface area contributed by atoms with E-state index in [2.05, 4.69) is 20.1 Å². The van der Waals surface area contributed by atoms with Gasteiger partial charge in [0, 0.05) is 31.3 Å². The number of hydrogen-bond donors (Lipinski definition) is 0. The predicted molar refractivity (Wildman–Crippen MR) is 69.9 cm³/mol. The van der Waals surface area contributed by atoms with Crippen molar-refractivity contribution in [1.29, 1.82) is 0 Å². The number of fused-ring (bicyclic) bond motifs is 1. The minimum Gasteiger partial charge on any atom is -0.331 e. The first-order chi connectivity index (χ1) is 10.4. The maximum Gasteiger partial charge on any atom is 0.453 e. The first-order valence-electron chi connectivity index (χ1n) is 6.99. The fourth-order valence-corrected chi connectivity index (χ4v) is 2.62. The number of nitrogens with zero attached hydrogens (tertiary/aromatic N) is 6. The van der Waals surface area contributed by atoms with E-state index < -0.39 is 12.0 Å². The molecule has 0 atom stereocenters. The predicted octanol–water partition coefficient (Wildman–Crippen LogP) is 2.02. The fourth-order valence-electron chi connectivity index (χ4n) is 2.62. The molecule has 0 spiro atoms. The molecule has 1 aliphatic carbocycles. The lowest BCUT2D eigenvalue weighted by Crippen LogP contribution is -2.19. The second kappa shape index (κ2) is 4.40. The largest absolute Gasteiger partial charge is 0.453 e. The van der Waals surface area contributed by atoms with Gasteiger partial charge in [0.25, 0.3) is 5.82 Å². The fraction of sp³-hybridized carbons (Fsp3) is 0.538. The minimum atomic E-state index is -4.54. The summed E-state index contributed by atoms with van der Waals surface area (Å²) in [5, 5.41) is 3.45. The van der Waals surface area contributed by atoms with Crippen molar-refractivity contribution < 1.29 is 13.2 Å². The zero-order chi connectivity index (χ0) is 15.5. The van der Waals surface area contributed by atoms with Crippen molar-refractivity contribution in [3.8, 4) is 0 Å². The highest BCUT2D eigenvalue weighted by Crippen LogP contribution is 2.39. The molecule has 9 heteroatoms. The normalized spacial score (nSPS) is 17.9. The third kappa shape index (κ3) is 2.20. The van der Waals surface area contributed by atoms with Crippen molar-refractivity contribution in [2.24, 2.45) is 7.05 Å². The quantitative estimate of drug-likeness (QED) is 0.849. The Kier molecular flexibility index (Phi) is 2.70. The lowest BCUT2D eigenvalue weighted by atomic mass is 10.2. The van der Waals surface area contributed by atoms with Gasteiger partial charge in [-0.2, -0.15) is 18.2 Å². The minimum absolute atomic E-state index is 0.193. The van der Waals surface area contributed by atoms with Gasteiger partial charge in [-0.3, -0.25) is 0 Å². The molecule has 0 amide bonds. The van der Waals surface area contributed by atoms with Crippen LogP contribution in [0.4, 0.5) is 19.1 Å². The van der Waals surface area contributed by atoms with Crippen molar-refractivity contribution in [1.82, 2.24) is 24.7 Å². The van der Waals surface area contributed by atoms with Crippen LogP contribution in [-0.2, 0) is 26.3 Å². The Hall–Kier alpha value is -2.19. The van der Waals surface area contributed by atoms with Gasteiger partial charge in [0.1, 0.15) is 5.82 Å². The molecule has 116 valence electrons. The number of alkyl halides is 3. The summed E-state index contributed by atoms with van der Waals surface area (Å²) in [4.78, 5) is 14.2. The lowest BCUT2D eigenvalue weighted by molar-refractivity contribution is -0.144. The Labute approximate surface area is 124 Å². The van der Waals surface area contributed by atoms with Crippen LogP contribution in [0.5, 0.6) is 0 Å². The average Bonchev–Trinajstić information content (AvgIpc) is 3.08. The Balaban J connectivity index is 1.61. The Morgan fingerprint density at radius 1 is 1.18 bits per heavy atom. The molecule has 3 heterocycles. The van der Waals surface area contributed by atoms with Crippen molar-refractivity contribution in [2.45, 2.75) is 38.0 Å². The number of halogens is 3. The molecule has 22 heavy (non-hydrogen) atoms. The van der Waals surface area contributed by atoms with Gasteiger partial charge >= 0.3 is 6.18 Å². The van der Waals surface area contributed by atoms with Crippen LogP contribution in [-0.4, -0.2) is 24.7 Å². The Morgan fingerprint density at radius 2 is 1.95 bits per heavy atom. The molecule has 2 aliphatic rings. The number of aromatic nitrogens is 5. The van der Waals surface area contributed by atoms with Crippen molar-refractivity contribution in [2.75, 3.05) is 4.90 Å². The van der Waals surface area contributed by atoms with Gasteiger partial charge in [-0.25, -0.2) is 14.6 Å². The van der Waals surface area contributed by atoms with Gasteiger partial charge < -0.3 is 4.90 Å². The molecule has 1 fully saturated rings. The van der Waals surface area contributed by atoms with Gasteiger partial charge in [-0.05, 0) is 12.8 Å². The van der Waals surface area contributed by atoms with E-state index in [1.54, 1.807) is 11.1 Å². The molecule has 4 rings (SSSR count). The summed E-state index contributed by atoms with van der Waals surface area (Å²) in [7, 11) is 1.46. The van der Waals surface area contributed by atoms with Crippen LogP contribution in [0.25, 0.3) is 0 Å². The van der Waals surface area contributed by atoms with Crippen LogP contribution in [0.3, 0.4) is 0 Å². The molecule has 1 aliphatic heterocycles. The summed E-state index contributed by atoms with van der Waals surface area (Å²) in [5.74, 6) is 0.365. The SMILES string of the molecule is Cn1nc(C(F)(F)F)nc1N1Cc2cnc(C3CC3)nc2C1. The molecule has 2 aromatic heterocycles. The zero-order valence-electron chi connectivity index (χ0n) is 11.8. The molecule has 0 aromatic carbocycles. The number of anilines is 1. The van der Waals surface area contributed by atoms with Crippen molar-refractivity contribution in [3.05, 3.63) is 29.1 Å². The van der Waals surface area contributed by atoms with Gasteiger partial charge in [0.15, 0.2) is 0 Å². The summed E-state index contributed by atoms with van der Waals surface area (Å²) >= 11 is 0. The molecule has 0 saturated heterocycles. The summed E-state index contributed by atoms with van der Waals surface area (Å²) in [6, 6.07) is 0. The summed E-state index contributed by atoms with van der Waals surface area (Å²) in [5.41, 5.74) is 1.80. The highest BCUT2D eigenvalue weighted by molar-refractivity contribution is 5.40. The molecule has 1 saturated carbocycles. The third-order valence-corrected chi connectivity index (χ3v) is 3.89. The molecule has 0 radical (unpaired) electrons. The van der Waals surface area contributed by atoms with Crippen molar-refractivity contribution >= 4 is 5.95 Å². The lowest BCUT2D eigenvalue weighted by Gasteiger charge is -2.14. The van der Waals surface area contributed by atoms with Crippen LogP contribution in [0.15, 0.2) is 6.20 Å². The topological polar surface area (TPSA) is 59.7 Å². The van der Waals surface area contributed by atoms with Gasteiger partial charge in [0.2, 0.25) is 5.95 Å². The van der Waals surface area contributed by atoms with Crippen LogP contribution < -0.4 is 4.90 Å². The zero-order valence-corrected chi connectivity index (χ0v) is 11.8. The van der Waals surface area contributed by atoms with E-state index in [-0.39, 0.29) is 5.95 Å². The van der Waals surface area contributed by atoms with Gasteiger partial charge in [0.05, 0.1) is 12.2 Å². The van der Waals surface area contributed by atoms with E-state index in [1.165, 1.54) is 7.05 Å². The van der Waals surface area contributed by atoms with Crippen LogP contribution in [0.2, 0.25) is 0 Å². The highest BCUT2D eigenvalue weighted by Gasteiger charge is 2.38. The summed E-state index contributed by atoms with van der Waals surface area (Å²) in [6.07, 6.45) is -0.542. The van der Waals surface area contributed by atoms with Crippen molar-refractivity contribution in [3.63, 3.8) is 0 Å². The molecule has 0 bridgehead atoms. The maximum atomic E-state index is 12.7. The molecule has 0 unspecified atom stereocenters. The van der Waals surface area contributed by atoms with Crippen LogP contribution in [0.1, 0.15) is 41.7 Å². The van der Waals surface area contributed by atoms with Crippen LogP contribution >= 0.6 is 0 Å². The highest BCUT2D eigenvalue weighted by atomic mass is 19.4. The monoisotopic (exact) mass is 310 g/mol. The van der Waals surface area contributed by atoms with E-state index >= 15 is 0 Å². The second-order valence-electron chi connectivity index (χ2n) is 5.69. The first-order valence-corrected chi connectivity index (χ1v) is 6.99. The molecular formula is C13H13F3N6. The second-order valence-corrected chi connectivity index (χ2v) is 5.69. The molecular weight excluding hydrogens is 297 g/mol. The molecule has 0 N–H and O–H groups in total. The summed E-state index contributed by atoms with van der Waals surface area (Å²) in [6.45, 7) is 0.880. The van der Waals surface area contributed by atoms with Gasteiger partial charge in [-0.1, -0.05) is 0 Å². The maximum absolute atomic E-state index is 12.7. The van der Waals surface area contributed by atoms with E-state index in [9.17, 15) is 13.2 Å². The molecule has 2 aromatic rings. The number of hydrogen-bond acceptors (Lipinski definition) is 5.